The molecule has 0 amide bonds. The van der Waals surface area contributed by atoms with Gasteiger partial charge in [0.1, 0.15) is 5.82 Å². The van der Waals surface area contributed by atoms with Crippen molar-refractivity contribution in [1.82, 2.24) is 9.97 Å². The third-order valence-corrected chi connectivity index (χ3v) is 2.59. The van der Waals surface area contributed by atoms with Crippen molar-refractivity contribution in [1.29, 1.82) is 0 Å². The minimum absolute atomic E-state index is 0.169. The Bertz CT molecular complexity index is 576. The van der Waals surface area contributed by atoms with E-state index >= 15 is 0 Å². The summed E-state index contributed by atoms with van der Waals surface area (Å²) in [4.78, 5) is 29.4. The van der Waals surface area contributed by atoms with E-state index in [0.29, 0.717) is 6.92 Å². The summed E-state index contributed by atoms with van der Waals surface area (Å²) < 4.78 is 43.0. The molecule has 0 aliphatic heterocycles. The Labute approximate surface area is 117 Å². The number of carboxylic acids is 1. The highest BCUT2D eigenvalue weighted by molar-refractivity contribution is 5.86. The van der Waals surface area contributed by atoms with Crippen LogP contribution in [0.15, 0.2) is 6.07 Å². The van der Waals surface area contributed by atoms with Gasteiger partial charge >= 0.3 is 18.1 Å². The zero-order valence-electron chi connectivity index (χ0n) is 11.3. The van der Waals surface area contributed by atoms with E-state index in [1.165, 1.54) is 6.92 Å². The van der Waals surface area contributed by atoms with E-state index in [9.17, 15) is 22.8 Å². The number of carbonyl (C=O) groups excluding carboxylic acids is 1. The van der Waals surface area contributed by atoms with Crippen LogP contribution < -0.4 is 5.32 Å². The normalized spacial score (nSPS) is 14.2. The Kier molecular flexibility index (Phi) is 4.40. The molecule has 0 spiro atoms. The maximum Gasteiger partial charge on any atom is 0.422 e. The number of anilines is 1. The Morgan fingerprint density at radius 1 is 1.33 bits per heavy atom. The van der Waals surface area contributed by atoms with Crippen molar-refractivity contribution >= 4 is 17.8 Å². The Balaban J connectivity index is 3.26. The highest BCUT2D eigenvalue weighted by Crippen LogP contribution is 2.33. The fourth-order valence-electron chi connectivity index (χ4n) is 1.32. The third kappa shape index (κ3) is 3.38. The number of hydrogen-bond donors (Lipinski definition) is 2. The average Bonchev–Trinajstić information content (AvgIpc) is 2.35. The summed E-state index contributed by atoms with van der Waals surface area (Å²) in [6.07, 6.45) is -5.08. The lowest BCUT2D eigenvalue weighted by Crippen LogP contribution is -2.55. The predicted octanol–water partition coefficient (Wildman–Crippen LogP) is 1.39. The van der Waals surface area contributed by atoms with Gasteiger partial charge in [-0.1, -0.05) is 0 Å². The second kappa shape index (κ2) is 5.54. The number of ether oxygens (including phenoxy) is 1. The summed E-state index contributed by atoms with van der Waals surface area (Å²) >= 11 is 0. The zero-order valence-corrected chi connectivity index (χ0v) is 11.3. The molecule has 0 saturated heterocycles. The molecule has 1 atom stereocenters. The molecule has 2 N–H and O–H groups in total. The summed E-state index contributed by atoms with van der Waals surface area (Å²) in [7, 11) is 1.05. The second-order valence-electron chi connectivity index (χ2n) is 4.26. The predicted molar refractivity (Wildman–Crippen MR) is 63.8 cm³/mol. The Hall–Kier alpha value is -2.39. The lowest BCUT2D eigenvalue weighted by atomic mass is 10.0. The molecule has 1 aromatic rings. The number of aromatic nitrogens is 2. The van der Waals surface area contributed by atoms with Crippen LogP contribution >= 0.6 is 0 Å². The highest BCUT2D eigenvalue weighted by Gasteiger charge is 2.57. The quantitative estimate of drug-likeness (QED) is 0.810. The van der Waals surface area contributed by atoms with Gasteiger partial charge in [0.2, 0.25) is 11.4 Å². The number of nitrogens with zero attached hydrogens (tertiary/aromatic N) is 2. The monoisotopic (exact) mass is 307 g/mol. The maximum absolute atomic E-state index is 12.9. The van der Waals surface area contributed by atoms with E-state index < -0.39 is 35.3 Å². The minimum Gasteiger partial charge on any atom is -0.479 e. The molecule has 0 aliphatic rings. The van der Waals surface area contributed by atoms with Crippen LogP contribution in [0.1, 0.15) is 23.2 Å². The van der Waals surface area contributed by atoms with Gasteiger partial charge in [0.15, 0.2) is 0 Å². The van der Waals surface area contributed by atoms with E-state index in [1.54, 1.807) is 5.32 Å². The van der Waals surface area contributed by atoms with Gasteiger partial charge in [0.25, 0.3) is 0 Å². The molecule has 1 unspecified atom stereocenters. The van der Waals surface area contributed by atoms with Crippen LogP contribution in [0, 0.1) is 6.92 Å². The Morgan fingerprint density at radius 2 is 1.90 bits per heavy atom. The van der Waals surface area contributed by atoms with E-state index in [-0.39, 0.29) is 5.69 Å². The van der Waals surface area contributed by atoms with Crippen molar-refractivity contribution in [2.45, 2.75) is 25.6 Å². The fraction of sp³-hybridized carbons (Fsp3) is 0.455. The van der Waals surface area contributed by atoms with E-state index in [2.05, 4.69) is 14.7 Å². The molecule has 1 rings (SSSR count). The van der Waals surface area contributed by atoms with Gasteiger partial charge in [-0.05, 0) is 13.8 Å². The number of nitrogens with one attached hydrogen (secondary N) is 1. The van der Waals surface area contributed by atoms with Crippen LogP contribution in [0.3, 0.4) is 0 Å². The minimum atomic E-state index is -5.08. The molecular weight excluding hydrogens is 295 g/mol. The lowest BCUT2D eigenvalue weighted by Gasteiger charge is -2.29. The molecule has 0 saturated carbocycles. The molecule has 0 bridgehead atoms. The summed E-state index contributed by atoms with van der Waals surface area (Å²) in [5.74, 6) is -4.02. The van der Waals surface area contributed by atoms with Crippen LogP contribution in [0.2, 0.25) is 0 Å². The molecule has 10 heteroatoms. The van der Waals surface area contributed by atoms with Crippen LogP contribution in [0.25, 0.3) is 0 Å². The second-order valence-corrected chi connectivity index (χ2v) is 4.26. The average molecular weight is 307 g/mol. The van der Waals surface area contributed by atoms with Crippen LogP contribution in [-0.4, -0.2) is 45.8 Å². The summed E-state index contributed by atoms with van der Waals surface area (Å²) in [5.41, 5.74) is -3.09. The number of carboxylic acid groups (broad SMARTS) is 1. The molecular formula is C11H12F3N3O4. The molecule has 21 heavy (non-hydrogen) atoms. The van der Waals surface area contributed by atoms with Gasteiger partial charge < -0.3 is 15.2 Å². The standard InChI is InChI=1S/C11H12F3N3O4/c1-5-4-6(16-7(15-5)8(18)21-3)17-10(2,9(19)20)11(12,13)14/h4H,1-3H3,(H,19,20)(H,15,16,17). The third-order valence-electron chi connectivity index (χ3n) is 2.59. The number of methoxy groups -OCH3 is 1. The number of rotatable bonds is 4. The number of esters is 1. The van der Waals surface area contributed by atoms with Crippen molar-refractivity contribution in [3.8, 4) is 0 Å². The van der Waals surface area contributed by atoms with E-state index in [4.69, 9.17) is 5.11 Å². The number of aryl methyl sites for hydroxylation is 1. The summed E-state index contributed by atoms with van der Waals surface area (Å²) in [6.45, 7) is 1.86. The summed E-state index contributed by atoms with van der Waals surface area (Å²) in [5, 5.41) is 10.6. The van der Waals surface area contributed by atoms with Crippen molar-refractivity contribution in [3.05, 3.63) is 17.6 Å². The largest absolute Gasteiger partial charge is 0.479 e. The molecule has 1 heterocycles. The van der Waals surface area contributed by atoms with Crippen LogP contribution in [0.5, 0.6) is 0 Å². The molecule has 0 aliphatic carbocycles. The topological polar surface area (TPSA) is 101 Å². The van der Waals surface area contributed by atoms with Crippen LogP contribution in [-0.2, 0) is 9.53 Å². The van der Waals surface area contributed by atoms with E-state index in [1.807, 2.05) is 0 Å². The van der Waals surface area contributed by atoms with Crippen molar-refractivity contribution < 1.29 is 32.6 Å². The highest BCUT2D eigenvalue weighted by atomic mass is 19.4. The van der Waals surface area contributed by atoms with Gasteiger partial charge in [0.05, 0.1) is 7.11 Å². The molecule has 7 nitrogen and oxygen atoms in total. The first kappa shape index (κ1) is 16.7. The first-order valence-corrected chi connectivity index (χ1v) is 5.53. The van der Waals surface area contributed by atoms with Gasteiger partial charge in [-0.3, -0.25) is 0 Å². The number of carbonyl (C=O) groups is 2. The molecule has 0 fully saturated rings. The van der Waals surface area contributed by atoms with Crippen molar-refractivity contribution in [2.75, 3.05) is 12.4 Å². The van der Waals surface area contributed by atoms with Crippen molar-refractivity contribution in [3.63, 3.8) is 0 Å². The van der Waals surface area contributed by atoms with E-state index in [0.717, 1.165) is 13.2 Å². The molecule has 0 radical (unpaired) electrons. The molecule has 116 valence electrons. The van der Waals surface area contributed by atoms with Gasteiger partial charge in [-0.25, -0.2) is 19.6 Å². The smallest absolute Gasteiger partial charge is 0.422 e. The van der Waals surface area contributed by atoms with Gasteiger partial charge in [-0.15, -0.1) is 0 Å². The maximum atomic E-state index is 12.9. The lowest BCUT2D eigenvalue weighted by molar-refractivity contribution is -0.192. The first-order valence-electron chi connectivity index (χ1n) is 5.53. The van der Waals surface area contributed by atoms with Crippen molar-refractivity contribution in [2.24, 2.45) is 0 Å². The number of hydrogen-bond acceptors (Lipinski definition) is 6. The van der Waals surface area contributed by atoms with Gasteiger partial charge in [0, 0.05) is 11.8 Å². The number of alkyl halides is 3. The van der Waals surface area contributed by atoms with Gasteiger partial charge in [-0.2, -0.15) is 13.2 Å². The number of aliphatic carboxylic acids is 1. The molecule has 0 aromatic carbocycles. The zero-order chi connectivity index (χ0) is 16.4. The fourth-order valence-corrected chi connectivity index (χ4v) is 1.32. The summed E-state index contributed by atoms with van der Waals surface area (Å²) in [6, 6.07) is 1.08. The van der Waals surface area contributed by atoms with Crippen LogP contribution in [0.4, 0.5) is 19.0 Å². The number of halogens is 3. The Morgan fingerprint density at radius 3 is 2.33 bits per heavy atom. The SMILES string of the molecule is COC(=O)c1nc(C)cc(NC(C)(C(=O)O)C(F)(F)F)n1. The first-order chi connectivity index (χ1) is 9.51. The molecule has 1 aromatic heterocycles.